The molecular weight excluding hydrogens is 267 g/mol. The van der Waals surface area contributed by atoms with E-state index in [1.54, 1.807) is 12.3 Å². The molecule has 2 aromatic rings. The normalized spacial score (nSPS) is 12.6. The number of rotatable bonds is 7. The number of aromatic nitrogens is 3. The van der Waals surface area contributed by atoms with Crippen LogP contribution in [0.5, 0.6) is 0 Å². The summed E-state index contributed by atoms with van der Waals surface area (Å²) in [6.45, 7) is 7.83. The summed E-state index contributed by atoms with van der Waals surface area (Å²) in [6, 6.07) is 3.76. The van der Waals surface area contributed by atoms with Gasteiger partial charge in [-0.25, -0.2) is 4.39 Å². The van der Waals surface area contributed by atoms with Crippen LogP contribution in [0, 0.1) is 12.7 Å². The fourth-order valence-electron chi connectivity index (χ4n) is 2.53. The van der Waals surface area contributed by atoms with Crippen molar-refractivity contribution in [2.45, 2.75) is 46.2 Å². The highest BCUT2D eigenvalue weighted by atomic mass is 19.1. The fourth-order valence-corrected chi connectivity index (χ4v) is 2.53. The lowest BCUT2D eigenvalue weighted by atomic mass is 10.0. The van der Waals surface area contributed by atoms with Crippen molar-refractivity contribution in [3.63, 3.8) is 0 Å². The van der Waals surface area contributed by atoms with E-state index in [2.05, 4.69) is 35.3 Å². The molecule has 1 N–H and O–H groups in total. The zero-order chi connectivity index (χ0) is 15.2. The van der Waals surface area contributed by atoms with E-state index in [4.69, 9.17) is 0 Å². The van der Waals surface area contributed by atoms with Gasteiger partial charge in [-0.15, -0.1) is 0 Å². The van der Waals surface area contributed by atoms with Gasteiger partial charge in [0.05, 0.1) is 11.9 Å². The molecule has 5 heteroatoms. The Labute approximate surface area is 125 Å². The summed E-state index contributed by atoms with van der Waals surface area (Å²) < 4.78 is 16.0. The minimum absolute atomic E-state index is 0.0608. The van der Waals surface area contributed by atoms with Crippen LogP contribution >= 0.6 is 0 Å². The molecule has 0 amide bonds. The summed E-state index contributed by atoms with van der Waals surface area (Å²) in [7, 11) is 0. The molecule has 1 atom stereocenters. The molecule has 4 nitrogen and oxygen atoms in total. The Morgan fingerprint density at radius 2 is 2.19 bits per heavy atom. The first-order valence-corrected chi connectivity index (χ1v) is 7.51. The molecule has 0 bridgehead atoms. The van der Waals surface area contributed by atoms with Crippen LogP contribution in [0.3, 0.4) is 0 Å². The zero-order valence-corrected chi connectivity index (χ0v) is 12.9. The monoisotopic (exact) mass is 290 g/mol. The van der Waals surface area contributed by atoms with Crippen molar-refractivity contribution in [1.29, 1.82) is 0 Å². The van der Waals surface area contributed by atoms with Gasteiger partial charge in [0.15, 0.2) is 0 Å². The van der Waals surface area contributed by atoms with Crippen molar-refractivity contribution in [2.75, 3.05) is 6.54 Å². The molecule has 0 radical (unpaired) electrons. The summed E-state index contributed by atoms with van der Waals surface area (Å²) in [4.78, 5) is 3.83. The molecule has 0 saturated carbocycles. The molecule has 2 aromatic heterocycles. The molecular formula is C16H23FN4. The number of aryl methyl sites for hydroxylation is 2. The van der Waals surface area contributed by atoms with Gasteiger partial charge in [0.2, 0.25) is 0 Å². The Morgan fingerprint density at radius 1 is 1.38 bits per heavy atom. The second-order valence-corrected chi connectivity index (χ2v) is 5.20. The minimum atomic E-state index is -0.259. The Bertz CT molecular complexity index is 579. The maximum absolute atomic E-state index is 14.0. The Kier molecular flexibility index (Phi) is 5.44. The van der Waals surface area contributed by atoms with Crippen LogP contribution in [0.4, 0.5) is 4.39 Å². The summed E-state index contributed by atoms with van der Waals surface area (Å²) >= 11 is 0. The Hall–Kier alpha value is -1.75. The standard InChI is InChI=1S/C16H23FN4/c1-4-7-19-16(14-6-8-18-11-15(14)17)10-13-9-12(3)20-21(13)5-2/h6,8-9,11,16,19H,4-5,7,10H2,1-3H3. The molecule has 1 unspecified atom stereocenters. The van der Waals surface area contributed by atoms with Gasteiger partial charge in [0.25, 0.3) is 0 Å². The van der Waals surface area contributed by atoms with E-state index in [0.717, 1.165) is 37.3 Å². The Morgan fingerprint density at radius 3 is 2.86 bits per heavy atom. The lowest BCUT2D eigenvalue weighted by Crippen LogP contribution is -2.26. The maximum Gasteiger partial charge on any atom is 0.146 e. The van der Waals surface area contributed by atoms with Gasteiger partial charge in [0, 0.05) is 36.5 Å². The SMILES string of the molecule is CCCNC(Cc1cc(C)nn1CC)c1ccncc1F. The smallest absolute Gasteiger partial charge is 0.146 e. The predicted octanol–water partition coefficient (Wildman–Crippen LogP) is 3.03. The highest BCUT2D eigenvalue weighted by Gasteiger charge is 2.18. The third-order valence-corrected chi connectivity index (χ3v) is 3.52. The van der Waals surface area contributed by atoms with E-state index < -0.39 is 0 Å². The van der Waals surface area contributed by atoms with Gasteiger partial charge >= 0.3 is 0 Å². The topological polar surface area (TPSA) is 42.7 Å². The number of nitrogens with one attached hydrogen (secondary N) is 1. The average molecular weight is 290 g/mol. The molecule has 0 fully saturated rings. The molecule has 0 aliphatic rings. The summed E-state index contributed by atoms with van der Waals surface area (Å²) in [5.41, 5.74) is 2.79. The largest absolute Gasteiger partial charge is 0.310 e. The highest BCUT2D eigenvalue weighted by Crippen LogP contribution is 2.21. The van der Waals surface area contributed by atoms with E-state index in [1.807, 2.05) is 11.6 Å². The number of halogens is 1. The van der Waals surface area contributed by atoms with Gasteiger partial charge in [-0.2, -0.15) is 5.10 Å². The van der Waals surface area contributed by atoms with E-state index in [9.17, 15) is 4.39 Å². The van der Waals surface area contributed by atoms with Gasteiger partial charge in [-0.1, -0.05) is 6.92 Å². The first-order chi connectivity index (χ1) is 10.2. The molecule has 114 valence electrons. The van der Waals surface area contributed by atoms with Gasteiger partial charge < -0.3 is 5.32 Å². The first kappa shape index (κ1) is 15.6. The van der Waals surface area contributed by atoms with Gasteiger partial charge in [0.1, 0.15) is 5.82 Å². The van der Waals surface area contributed by atoms with E-state index in [1.165, 1.54) is 6.20 Å². The first-order valence-electron chi connectivity index (χ1n) is 7.51. The molecule has 0 saturated heterocycles. The molecule has 2 rings (SSSR count). The van der Waals surface area contributed by atoms with E-state index in [-0.39, 0.29) is 11.9 Å². The van der Waals surface area contributed by atoms with Crippen molar-refractivity contribution in [3.05, 3.63) is 47.3 Å². The van der Waals surface area contributed by atoms with Crippen molar-refractivity contribution < 1.29 is 4.39 Å². The number of hydrogen-bond acceptors (Lipinski definition) is 3. The number of nitrogens with zero attached hydrogens (tertiary/aromatic N) is 3. The molecule has 0 aliphatic heterocycles. The third kappa shape index (κ3) is 3.88. The van der Waals surface area contributed by atoms with Gasteiger partial charge in [-0.3, -0.25) is 9.67 Å². The van der Waals surface area contributed by atoms with E-state index >= 15 is 0 Å². The summed E-state index contributed by atoms with van der Waals surface area (Å²) in [5.74, 6) is -0.259. The predicted molar refractivity (Wildman–Crippen MR) is 81.6 cm³/mol. The fraction of sp³-hybridized carbons (Fsp3) is 0.500. The van der Waals surface area contributed by atoms with Crippen LogP contribution in [0.25, 0.3) is 0 Å². The zero-order valence-electron chi connectivity index (χ0n) is 12.9. The van der Waals surface area contributed by atoms with Crippen LogP contribution in [0.2, 0.25) is 0 Å². The average Bonchev–Trinajstić information content (AvgIpc) is 2.84. The van der Waals surface area contributed by atoms with Crippen molar-refractivity contribution in [3.8, 4) is 0 Å². The highest BCUT2D eigenvalue weighted by molar-refractivity contribution is 5.21. The minimum Gasteiger partial charge on any atom is -0.310 e. The third-order valence-electron chi connectivity index (χ3n) is 3.52. The lowest BCUT2D eigenvalue weighted by Gasteiger charge is -2.19. The number of pyridine rings is 1. The van der Waals surface area contributed by atoms with Crippen LogP contribution in [-0.4, -0.2) is 21.3 Å². The molecule has 2 heterocycles. The molecule has 21 heavy (non-hydrogen) atoms. The van der Waals surface area contributed by atoms with E-state index in [0.29, 0.717) is 5.56 Å². The second-order valence-electron chi connectivity index (χ2n) is 5.20. The number of hydrogen-bond donors (Lipinski definition) is 1. The second kappa shape index (κ2) is 7.31. The van der Waals surface area contributed by atoms with Crippen LogP contribution in [0.15, 0.2) is 24.5 Å². The summed E-state index contributed by atoms with van der Waals surface area (Å²) in [5, 5.41) is 7.89. The molecule has 0 spiro atoms. The van der Waals surface area contributed by atoms with Crippen LogP contribution in [-0.2, 0) is 13.0 Å². The quantitative estimate of drug-likeness (QED) is 0.852. The lowest BCUT2D eigenvalue weighted by molar-refractivity contribution is 0.477. The van der Waals surface area contributed by atoms with Crippen LogP contribution < -0.4 is 5.32 Å². The molecule has 0 aliphatic carbocycles. The van der Waals surface area contributed by atoms with Gasteiger partial charge in [-0.05, 0) is 38.9 Å². The van der Waals surface area contributed by atoms with Crippen molar-refractivity contribution in [1.82, 2.24) is 20.1 Å². The van der Waals surface area contributed by atoms with Crippen LogP contribution in [0.1, 0.15) is 43.3 Å². The maximum atomic E-state index is 14.0. The Balaban J connectivity index is 2.26. The molecule has 0 aromatic carbocycles. The van der Waals surface area contributed by atoms with Crippen molar-refractivity contribution >= 4 is 0 Å². The van der Waals surface area contributed by atoms with Crippen molar-refractivity contribution in [2.24, 2.45) is 0 Å². The summed E-state index contributed by atoms with van der Waals surface area (Å²) in [6.07, 6.45) is 4.64.